The number of hydrogen-bond donors (Lipinski definition) is 1. The summed E-state index contributed by atoms with van der Waals surface area (Å²) in [5, 5.41) is 7.26. The van der Waals surface area contributed by atoms with Crippen molar-refractivity contribution in [2.75, 3.05) is 32.8 Å². The van der Waals surface area contributed by atoms with E-state index in [0.29, 0.717) is 23.6 Å². The van der Waals surface area contributed by atoms with Gasteiger partial charge in [0.15, 0.2) is 0 Å². The molecule has 0 spiro atoms. The molecule has 0 bridgehead atoms. The smallest absolute Gasteiger partial charge is 0.256 e. The summed E-state index contributed by atoms with van der Waals surface area (Å²) in [6, 6.07) is 10.6. The summed E-state index contributed by atoms with van der Waals surface area (Å²) in [6.07, 6.45) is 0.885. The van der Waals surface area contributed by atoms with Crippen LogP contribution in [-0.4, -0.2) is 54.9 Å². The number of carbonyl (C=O) groups is 1. The Morgan fingerprint density at radius 2 is 1.89 bits per heavy atom. The Labute approximate surface area is 167 Å². The molecule has 2 aromatic rings. The van der Waals surface area contributed by atoms with Crippen molar-refractivity contribution >= 4 is 5.91 Å². The summed E-state index contributed by atoms with van der Waals surface area (Å²) in [6.45, 7) is 11.7. The number of benzene rings is 1. The third-order valence-electron chi connectivity index (χ3n) is 5.17. The van der Waals surface area contributed by atoms with Gasteiger partial charge in [0, 0.05) is 31.1 Å². The maximum absolute atomic E-state index is 13.0. The Balaban J connectivity index is 1.72. The fourth-order valence-electron chi connectivity index (χ4n) is 3.61. The molecule has 0 saturated carbocycles. The molecule has 1 aromatic carbocycles. The van der Waals surface area contributed by atoms with Gasteiger partial charge in [-0.05, 0) is 18.9 Å². The van der Waals surface area contributed by atoms with Crippen molar-refractivity contribution in [3.8, 4) is 0 Å². The standard InChI is InChI=1S/C22H31N3O3/c1-16-19(20(24-28-16)22(2,3)4)21(26)23-15-18(25-10-12-27-13-11-25)14-17-8-6-5-7-9-17/h5-9,18H,10-15H2,1-4H3,(H,23,26). The van der Waals surface area contributed by atoms with Crippen molar-refractivity contribution in [2.45, 2.75) is 45.6 Å². The van der Waals surface area contributed by atoms with E-state index in [-0.39, 0.29) is 17.4 Å². The molecule has 0 aliphatic carbocycles. The average molecular weight is 386 g/mol. The van der Waals surface area contributed by atoms with E-state index < -0.39 is 0 Å². The zero-order valence-corrected chi connectivity index (χ0v) is 17.3. The number of hydrogen-bond acceptors (Lipinski definition) is 5. The van der Waals surface area contributed by atoms with E-state index >= 15 is 0 Å². The predicted molar refractivity (Wildman–Crippen MR) is 109 cm³/mol. The van der Waals surface area contributed by atoms with Gasteiger partial charge in [-0.3, -0.25) is 9.69 Å². The van der Waals surface area contributed by atoms with E-state index in [4.69, 9.17) is 9.26 Å². The number of amides is 1. The Morgan fingerprint density at radius 3 is 2.54 bits per heavy atom. The SMILES string of the molecule is Cc1onc(C(C)(C)C)c1C(=O)NCC(Cc1ccccc1)N1CCOCC1. The number of nitrogens with one attached hydrogen (secondary N) is 1. The number of rotatable bonds is 6. The summed E-state index contributed by atoms with van der Waals surface area (Å²) in [5.74, 6) is 0.448. The molecular formula is C22H31N3O3. The molecule has 1 aliphatic heterocycles. The summed E-state index contributed by atoms with van der Waals surface area (Å²) in [5.41, 5.74) is 2.28. The quantitative estimate of drug-likeness (QED) is 0.828. The van der Waals surface area contributed by atoms with Crippen LogP contribution in [0.4, 0.5) is 0 Å². The van der Waals surface area contributed by atoms with Crippen LogP contribution in [0, 0.1) is 6.92 Å². The zero-order valence-electron chi connectivity index (χ0n) is 17.3. The number of nitrogens with zero attached hydrogens (tertiary/aromatic N) is 2. The van der Waals surface area contributed by atoms with Crippen LogP contribution in [0.25, 0.3) is 0 Å². The molecule has 1 saturated heterocycles. The first-order chi connectivity index (χ1) is 13.4. The molecular weight excluding hydrogens is 354 g/mol. The third kappa shape index (κ3) is 5.00. The van der Waals surface area contributed by atoms with E-state index in [1.165, 1.54) is 5.56 Å². The molecule has 1 fully saturated rings. The largest absolute Gasteiger partial charge is 0.379 e. The lowest BCUT2D eigenvalue weighted by Crippen LogP contribution is -2.50. The number of aryl methyl sites for hydroxylation is 1. The predicted octanol–water partition coefficient (Wildman–Crippen LogP) is 2.95. The first kappa shape index (κ1) is 20.6. The monoisotopic (exact) mass is 385 g/mol. The molecule has 0 radical (unpaired) electrons. The second-order valence-electron chi connectivity index (χ2n) is 8.41. The van der Waals surface area contributed by atoms with Crippen molar-refractivity contribution in [3.05, 3.63) is 52.9 Å². The van der Waals surface area contributed by atoms with Crippen LogP contribution < -0.4 is 5.32 Å². The maximum Gasteiger partial charge on any atom is 0.256 e. The minimum Gasteiger partial charge on any atom is -0.379 e. The molecule has 6 heteroatoms. The number of morpholine rings is 1. The molecule has 2 heterocycles. The summed E-state index contributed by atoms with van der Waals surface area (Å²) in [7, 11) is 0. The maximum atomic E-state index is 13.0. The van der Waals surface area contributed by atoms with Crippen molar-refractivity contribution in [3.63, 3.8) is 0 Å². The van der Waals surface area contributed by atoms with Gasteiger partial charge in [-0.25, -0.2) is 0 Å². The highest BCUT2D eigenvalue weighted by Gasteiger charge is 2.29. The van der Waals surface area contributed by atoms with E-state index in [0.717, 1.165) is 32.7 Å². The second kappa shape index (κ2) is 8.88. The summed E-state index contributed by atoms with van der Waals surface area (Å²) in [4.78, 5) is 15.4. The van der Waals surface area contributed by atoms with E-state index in [9.17, 15) is 4.79 Å². The third-order valence-corrected chi connectivity index (χ3v) is 5.17. The normalized spacial score (nSPS) is 16.7. The van der Waals surface area contributed by atoms with E-state index in [1.54, 1.807) is 6.92 Å². The first-order valence-electron chi connectivity index (χ1n) is 9.97. The van der Waals surface area contributed by atoms with Gasteiger partial charge in [0.2, 0.25) is 0 Å². The fourth-order valence-corrected chi connectivity index (χ4v) is 3.61. The molecule has 3 rings (SSSR count). The molecule has 1 atom stereocenters. The van der Waals surface area contributed by atoms with Crippen LogP contribution in [0.15, 0.2) is 34.9 Å². The van der Waals surface area contributed by atoms with Crippen molar-refractivity contribution in [1.82, 2.24) is 15.4 Å². The minimum absolute atomic E-state index is 0.116. The summed E-state index contributed by atoms with van der Waals surface area (Å²) < 4.78 is 10.8. The molecule has 1 amide bonds. The highest BCUT2D eigenvalue weighted by Crippen LogP contribution is 2.26. The minimum atomic E-state index is -0.252. The van der Waals surface area contributed by atoms with Gasteiger partial charge >= 0.3 is 0 Å². The molecule has 152 valence electrons. The lowest BCUT2D eigenvalue weighted by atomic mass is 9.88. The van der Waals surface area contributed by atoms with E-state index in [1.807, 2.05) is 26.8 Å². The first-order valence-corrected chi connectivity index (χ1v) is 9.97. The van der Waals surface area contributed by atoms with Crippen LogP contribution in [-0.2, 0) is 16.6 Å². The van der Waals surface area contributed by atoms with Gasteiger partial charge in [0.05, 0.1) is 13.2 Å². The Morgan fingerprint density at radius 1 is 1.21 bits per heavy atom. The van der Waals surface area contributed by atoms with Gasteiger partial charge in [-0.2, -0.15) is 0 Å². The van der Waals surface area contributed by atoms with Crippen LogP contribution in [0.1, 0.15) is 48.1 Å². The fraction of sp³-hybridized carbons (Fsp3) is 0.545. The number of carbonyl (C=O) groups excluding carboxylic acids is 1. The van der Waals surface area contributed by atoms with Crippen molar-refractivity contribution < 1.29 is 14.1 Å². The lowest BCUT2D eigenvalue weighted by molar-refractivity contribution is 0.0167. The Bertz CT molecular complexity index is 774. The number of aromatic nitrogens is 1. The van der Waals surface area contributed by atoms with Gasteiger partial charge in [-0.1, -0.05) is 56.3 Å². The molecule has 6 nitrogen and oxygen atoms in total. The Kier molecular flexibility index (Phi) is 6.52. The number of ether oxygens (including phenoxy) is 1. The van der Waals surface area contributed by atoms with Gasteiger partial charge < -0.3 is 14.6 Å². The van der Waals surface area contributed by atoms with Gasteiger partial charge in [0.1, 0.15) is 17.0 Å². The van der Waals surface area contributed by atoms with Crippen LogP contribution in [0.3, 0.4) is 0 Å². The van der Waals surface area contributed by atoms with Crippen LogP contribution in [0.5, 0.6) is 0 Å². The van der Waals surface area contributed by atoms with Crippen LogP contribution >= 0.6 is 0 Å². The highest BCUT2D eigenvalue weighted by atomic mass is 16.5. The van der Waals surface area contributed by atoms with Crippen molar-refractivity contribution in [2.24, 2.45) is 0 Å². The molecule has 1 aliphatic rings. The second-order valence-corrected chi connectivity index (χ2v) is 8.41. The Hall–Kier alpha value is -2.18. The van der Waals surface area contributed by atoms with Crippen molar-refractivity contribution in [1.29, 1.82) is 0 Å². The van der Waals surface area contributed by atoms with Gasteiger partial charge in [0.25, 0.3) is 5.91 Å². The molecule has 1 N–H and O–H groups in total. The zero-order chi connectivity index (χ0) is 20.1. The average Bonchev–Trinajstić information content (AvgIpc) is 3.08. The highest BCUT2D eigenvalue weighted by molar-refractivity contribution is 5.96. The van der Waals surface area contributed by atoms with Gasteiger partial charge in [-0.15, -0.1) is 0 Å². The molecule has 1 unspecified atom stereocenters. The van der Waals surface area contributed by atoms with Crippen LogP contribution in [0.2, 0.25) is 0 Å². The topological polar surface area (TPSA) is 67.6 Å². The van der Waals surface area contributed by atoms with E-state index in [2.05, 4.69) is 39.6 Å². The molecule has 1 aromatic heterocycles. The summed E-state index contributed by atoms with van der Waals surface area (Å²) >= 11 is 0. The lowest BCUT2D eigenvalue weighted by Gasteiger charge is -2.34. The molecule has 28 heavy (non-hydrogen) atoms.